The Balaban J connectivity index is 1.81. The van der Waals surface area contributed by atoms with Crippen LogP contribution < -0.4 is 20.7 Å². The van der Waals surface area contributed by atoms with Gasteiger partial charge >= 0.3 is 6.03 Å². The number of amides is 3. The number of nitrogens with zero attached hydrogens (tertiary/aromatic N) is 1. The van der Waals surface area contributed by atoms with E-state index >= 15 is 0 Å². The number of para-hydroxylation sites is 1. The second-order valence-corrected chi connectivity index (χ2v) is 9.66. The van der Waals surface area contributed by atoms with E-state index < -0.39 is 5.54 Å². The van der Waals surface area contributed by atoms with Crippen LogP contribution in [0.2, 0.25) is 0 Å². The first-order chi connectivity index (χ1) is 17.1. The van der Waals surface area contributed by atoms with E-state index in [2.05, 4.69) is 48.6 Å². The van der Waals surface area contributed by atoms with Gasteiger partial charge in [-0.25, -0.2) is 4.79 Å². The van der Waals surface area contributed by atoms with E-state index in [1.165, 1.54) is 0 Å². The van der Waals surface area contributed by atoms with Gasteiger partial charge in [0.1, 0.15) is 5.75 Å². The molecule has 1 unspecified atom stereocenters. The second kappa shape index (κ2) is 11.7. The zero-order chi connectivity index (χ0) is 26.3. The number of benzene rings is 2. The average molecular weight is 489 g/mol. The van der Waals surface area contributed by atoms with E-state index in [-0.39, 0.29) is 30.3 Å². The van der Waals surface area contributed by atoms with Crippen molar-refractivity contribution in [3.05, 3.63) is 89.2 Å². The zero-order valence-corrected chi connectivity index (χ0v) is 21.9. The Labute approximate surface area is 213 Å². The van der Waals surface area contributed by atoms with Crippen molar-refractivity contribution >= 4 is 17.6 Å². The third-order valence-electron chi connectivity index (χ3n) is 6.19. The summed E-state index contributed by atoms with van der Waals surface area (Å²) < 4.78 is 5.18. The van der Waals surface area contributed by atoms with Crippen molar-refractivity contribution in [1.82, 2.24) is 15.6 Å². The van der Waals surface area contributed by atoms with Crippen molar-refractivity contribution in [2.45, 2.75) is 52.0 Å². The number of rotatable bonds is 9. The van der Waals surface area contributed by atoms with Crippen LogP contribution in [0.4, 0.5) is 10.5 Å². The van der Waals surface area contributed by atoms with E-state index in [1.54, 1.807) is 37.6 Å². The largest absolute Gasteiger partial charge is 0.497 e. The third-order valence-corrected chi connectivity index (χ3v) is 6.19. The summed E-state index contributed by atoms with van der Waals surface area (Å²) in [5.41, 5.74) is 3.16. The van der Waals surface area contributed by atoms with Crippen LogP contribution in [-0.2, 0) is 5.54 Å². The Hall–Kier alpha value is -3.87. The lowest BCUT2D eigenvalue weighted by Crippen LogP contribution is -2.52. The molecule has 0 fully saturated rings. The minimum Gasteiger partial charge on any atom is -0.497 e. The summed E-state index contributed by atoms with van der Waals surface area (Å²) in [5.74, 6) is 0.892. The summed E-state index contributed by atoms with van der Waals surface area (Å²) >= 11 is 0. The molecule has 1 heterocycles. The number of pyridine rings is 1. The van der Waals surface area contributed by atoms with Crippen LogP contribution in [0.1, 0.15) is 73.6 Å². The number of anilines is 1. The number of carbonyl (C=O) groups is 2. The maximum atomic E-state index is 13.1. The second-order valence-electron chi connectivity index (χ2n) is 9.66. The minimum absolute atomic E-state index is 0.137. The molecule has 0 aliphatic rings. The van der Waals surface area contributed by atoms with Crippen molar-refractivity contribution < 1.29 is 14.3 Å². The predicted molar refractivity (Wildman–Crippen MR) is 144 cm³/mol. The van der Waals surface area contributed by atoms with Gasteiger partial charge in [0, 0.05) is 24.0 Å². The first kappa shape index (κ1) is 26.7. The molecule has 1 aromatic heterocycles. The smallest absolute Gasteiger partial charge is 0.319 e. The molecule has 2 aromatic carbocycles. The Kier molecular flexibility index (Phi) is 8.69. The lowest BCUT2D eigenvalue weighted by molar-refractivity contribution is 0.0902. The Morgan fingerprint density at radius 2 is 1.56 bits per heavy atom. The third kappa shape index (κ3) is 6.42. The standard InChI is InChI=1S/C29H36N4O3/c1-19(2)23-10-9-11-24(20(3)4)26(23)32-28(35)31-18-29(5,25-12-7-8-17-30-25)33-27(34)21-13-15-22(36-6)16-14-21/h7-17,19-20H,18H2,1-6H3,(H,33,34)(H2,31,32,35). The predicted octanol–water partition coefficient (Wildman–Crippen LogP) is 5.80. The molecule has 36 heavy (non-hydrogen) atoms. The monoisotopic (exact) mass is 488 g/mol. The SMILES string of the molecule is COc1ccc(C(=O)NC(C)(CNC(=O)Nc2c(C(C)C)cccc2C(C)C)c2ccccn2)cc1. The normalized spacial score (nSPS) is 12.7. The van der Waals surface area contributed by atoms with E-state index in [0.29, 0.717) is 17.0 Å². The Bertz CT molecular complexity index is 1150. The van der Waals surface area contributed by atoms with Crippen molar-refractivity contribution in [2.75, 3.05) is 19.0 Å². The van der Waals surface area contributed by atoms with Crippen LogP contribution in [0.5, 0.6) is 5.75 Å². The van der Waals surface area contributed by atoms with Crippen molar-refractivity contribution in [3.8, 4) is 5.75 Å². The first-order valence-electron chi connectivity index (χ1n) is 12.2. The Morgan fingerprint density at radius 1 is 0.917 bits per heavy atom. The number of hydrogen-bond donors (Lipinski definition) is 3. The molecule has 0 spiro atoms. The highest BCUT2D eigenvalue weighted by atomic mass is 16.5. The quantitative estimate of drug-likeness (QED) is 0.355. The summed E-state index contributed by atoms with van der Waals surface area (Å²) in [5, 5.41) is 9.08. The fourth-order valence-electron chi connectivity index (χ4n) is 4.06. The molecule has 0 saturated heterocycles. The first-order valence-corrected chi connectivity index (χ1v) is 12.2. The van der Waals surface area contributed by atoms with Crippen LogP contribution in [0.3, 0.4) is 0 Å². The van der Waals surface area contributed by atoms with Gasteiger partial charge in [-0.05, 0) is 66.3 Å². The highest BCUT2D eigenvalue weighted by molar-refractivity contribution is 5.95. The van der Waals surface area contributed by atoms with Crippen LogP contribution in [0.25, 0.3) is 0 Å². The average Bonchev–Trinajstić information content (AvgIpc) is 2.88. The van der Waals surface area contributed by atoms with Gasteiger partial charge < -0.3 is 20.7 Å². The molecular formula is C29H36N4O3. The molecule has 3 amide bonds. The van der Waals surface area contributed by atoms with E-state index in [4.69, 9.17) is 4.74 Å². The van der Waals surface area contributed by atoms with E-state index in [1.807, 2.05) is 43.3 Å². The molecule has 3 N–H and O–H groups in total. The van der Waals surface area contributed by atoms with Crippen LogP contribution in [0.15, 0.2) is 66.9 Å². The van der Waals surface area contributed by atoms with E-state index in [9.17, 15) is 9.59 Å². The number of carbonyl (C=O) groups excluding carboxylic acids is 2. The number of aromatic nitrogens is 1. The zero-order valence-electron chi connectivity index (χ0n) is 21.9. The van der Waals surface area contributed by atoms with Crippen molar-refractivity contribution in [2.24, 2.45) is 0 Å². The molecule has 0 saturated carbocycles. The molecule has 7 heteroatoms. The molecule has 7 nitrogen and oxygen atoms in total. The van der Waals surface area contributed by atoms with Crippen LogP contribution in [0, 0.1) is 0 Å². The molecule has 3 rings (SSSR count). The summed E-state index contributed by atoms with van der Waals surface area (Å²) in [6, 6.07) is 18.1. The molecule has 0 aliphatic carbocycles. The van der Waals surface area contributed by atoms with Crippen LogP contribution in [-0.4, -0.2) is 30.6 Å². The summed E-state index contributed by atoms with van der Waals surface area (Å²) in [6.45, 7) is 10.4. The van der Waals surface area contributed by atoms with Gasteiger partial charge in [0.15, 0.2) is 0 Å². The van der Waals surface area contributed by atoms with Gasteiger partial charge in [0.2, 0.25) is 0 Å². The lowest BCUT2D eigenvalue weighted by Gasteiger charge is -2.31. The highest BCUT2D eigenvalue weighted by Crippen LogP contribution is 2.32. The minimum atomic E-state index is -0.950. The molecular weight excluding hydrogens is 452 g/mol. The number of ether oxygens (including phenoxy) is 1. The number of urea groups is 1. The number of nitrogens with one attached hydrogen (secondary N) is 3. The molecule has 1 atom stereocenters. The highest BCUT2D eigenvalue weighted by Gasteiger charge is 2.31. The summed E-state index contributed by atoms with van der Waals surface area (Å²) in [7, 11) is 1.58. The maximum absolute atomic E-state index is 13.1. The summed E-state index contributed by atoms with van der Waals surface area (Å²) in [4.78, 5) is 30.7. The van der Waals surface area contributed by atoms with Crippen LogP contribution >= 0.6 is 0 Å². The number of methoxy groups -OCH3 is 1. The van der Waals surface area contributed by atoms with Crippen molar-refractivity contribution in [3.63, 3.8) is 0 Å². The fourth-order valence-corrected chi connectivity index (χ4v) is 4.06. The summed E-state index contributed by atoms with van der Waals surface area (Å²) in [6.07, 6.45) is 1.67. The number of hydrogen-bond acceptors (Lipinski definition) is 4. The van der Waals surface area contributed by atoms with Gasteiger partial charge in [0.05, 0.1) is 18.3 Å². The molecule has 3 aromatic rings. The van der Waals surface area contributed by atoms with Gasteiger partial charge in [0.25, 0.3) is 5.91 Å². The molecule has 0 radical (unpaired) electrons. The van der Waals surface area contributed by atoms with Gasteiger partial charge in [-0.3, -0.25) is 9.78 Å². The molecule has 0 bridgehead atoms. The van der Waals surface area contributed by atoms with E-state index in [0.717, 1.165) is 16.8 Å². The maximum Gasteiger partial charge on any atom is 0.319 e. The van der Waals surface area contributed by atoms with Gasteiger partial charge in [-0.1, -0.05) is 52.0 Å². The fraction of sp³-hybridized carbons (Fsp3) is 0.345. The topological polar surface area (TPSA) is 92.4 Å². The van der Waals surface area contributed by atoms with Crippen molar-refractivity contribution in [1.29, 1.82) is 0 Å². The molecule has 190 valence electrons. The Morgan fingerprint density at radius 3 is 2.08 bits per heavy atom. The lowest BCUT2D eigenvalue weighted by atomic mass is 9.92. The molecule has 0 aliphatic heterocycles. The van der Waals surface area contributed by atoms with Gasteiger partial charge in [-0.15, -0.1) is 0 Å². The van der Waals surface area contributed by atoms with Gasteiger partial charge in [-0.2, -0.15) is 0 Å².